The molecular formula is C20H25N3O2. The Bertz CT molecular complexity index is 643. The molecule has 5 heteroatoms. The van der Waals surface area contributed by atoms with Crippen LogP contribution in [-0.2, 0) is 11.3 Å². The molecular weight excluding hydrogens is 314 g/mol. The van der Waals surface area contributed by atoms with E-state index in [9.17, 15) is 4.79 Å². The molecule has 5 nitrogen and oxygen atoms in total. The van der Waals surface area contributed by atoms with Crippen LogP contribution in [-0.4, -0.2) is 60.1 Å². The summed E-state index contributed by atoms with van der Waals surface area (Å²) < 4.78 is 5.39. The summed E-state index contributed by atoms with van der Waals surface area (Å²) in [7, 11) is 0. The molecule has 1 fully saturated rings. The Morgan fingerprint density at radius 1 is 1.08 bits per heavy atom. The van der Waals surface area contributed by atoms with Crippen LogP contribution in [0.2, 0.25) is 0 Å². The predicted molar refractivity (Wildman–Crippen MR) is 97.3 cm³/mol. The quantitative estimate of drug-likeness (QED) is 0.777. The Morgan fingerprint density at radius 2 is 1.80 bits per heavy atom. The van der Waals surface area contributed by atoms with Gasteiger partial charge in [-0.25, -0.2) is 0 Å². The van der Waals surface area contributed by atoms with Crippen molar-refractivity contribution in [2.45, 2.75) is 13.0 Å². The number of ether oxygens (including phenoxy) is 1. The van der Waals surface area contributed by atoms with Crippen LogP contribution < -0.4 is 0 Å². The summed E-state index contributed by atoms with van der Waals surface area (Å²) in [6.45, 7) is 5.94. The van der Waals surface area contributed by atoms with Gasteiger partial charge in [-0.05, 0) is 36.2 Å². The minimum absolute atomic E-state index is 0.0828. The second-order valence-electron chi connectivity index (χ2n) is 6.26. The first kappa shape index (κ1) is 17.6. The van der Waals surface area contributed by atoms with Gasteiger partial charge in [-0.15, -0.1) is 0 Å². The van der Waals surface area contributed by atoms with E-state index < -0.39 is 0 Å². The molecule has 0 bridgehead atoms. The third kappa shape index (κ3) is 5.37. The van der Waals surface area contributed by atoms with Gasteiger partial charge in [0.15, 0.2) is 0 Å². The molecule has 0 spiro atoms. The number of aromatic nitrogens is 1. The van der Waals surface area contributed by atoms with E-state index in [1.807, 2.05) is 47.4 Å². The Morgan fingerprint density at radius 3 is 2.52 bits per heavy atom. The van der Waals surface area contributed by atoms with E-state index in [1.54, 1.807) is 12.4 Å². The van der Waals surface area contributed by atoms with Gasteiger partial charge < -0.3 is 9.64 Å². The summed E-state index contributed by atoms with van der Waals surface area (Å²) >= 11 is 0. The van der Waals surface area contributed by atoms with Crippen molar-refractivity contribution in [2.75, 3.05) is 39.4 Å². The van der Waals surface area contributed by atoms with E-state index in [0.717, 1.165) is 56.9 Å². The number of carbonyl (C=O) groups excluding carboxylic acids is 1. The molecule has 0 saturated carbocycles. The Hall–Kier alpha value is -2.24. The average Bonchev–Trinajstić information content (AvgIpc) is 2.69. The van der Waals surface area contributed by atoms with Crippen molar-refractivity contribution < 1.29 is 9.53 Å². The van der Waals surface area contributed by atoms with E-state index in [0.29, 0.717) is 6.54 Å². The van der Waals surface area contributed by atoms with Gasteiger partial charge in [0.05, 0.1) is 13.2 Å². The first-order valence-electron chi connectivity index (χ1n) is 8.86. The zero-order chi connectivity index (χ0) is 17.3. The lowest BCUT2D eigenvalue weighted by atomic mass is 10.1. The lowest BCUT2D eigenvalue weighted by molar-refractivity contribution is 0.0355. The molecule has 1 amide bonds. The summed E-state index contributed by atoms with van der Waals surface area (Å²) in [5, 5.41) is 0. The van der Waals surface area contributed by atoms with Crippen molar-refractivity contribution >= 4 is 5.91 Å². The highest BCUT2D eigenvalue weighted by Gasteiger charge is 2.17. The number of hydrogen-bond acceptors (Lipinski definition) is 4. The minimum atomic E-state index is 0.0828. The molecule has 1 saturated heterocycles. The van der Waals surface area contributed by atoms with Crippen LogP contribution in [0.25, 0.3) is 0 Å². The fourth-order valence-corrected chi connectivity index (χ4v) is 3.03. The topological polar surface area (TPSA) is 45.7 Å². The zero-order valence-electron chi connectivity index (χ0n) is 14.5. The van der Waals surface area contributed by atoms with Gasteiger partial charge in [-0.3, -0.25) is 14.7 Å². The third-order valence-corrected chi connectivity index (χ3v) is 4.44. The Labute approximate surface area is 149 Å². The van der Waals surface area contributed by atoms with Gasteiger partial charge in [0.1, 0.15) is 0 Å². The van der Waals surface area contributed by atoms with Gasteiger partial charge >= 0.3 is 0 Å². The number of nitrogens with zero attached hydrogens (tertiary/aromatic N) is 3. The summed E-state index contributed by atoms with van der Waals surface area (Å²) in [5.74, 6) is 0.0828. The summed E-state index contributed by atoms with van der Waals surface area (Å²) in [4.78, 5) is 21.3. The SMILES string of the molecule is O=C(c1ccccc1)N(CCCN1CCOCC1)Cc1ccncc1. The molecule has 0 N–H and O–H groups in total. The van der Waals surface area contributed by atoms with Crippen molar-refractivity contribution in [3.8, 4) is 0 Å². The Balaban J connectivity index is 1.62. The number of rotatable bonds is 7. The van der Waals surface area contributed by atoms with Crippen molar-refractivity contribution in [1.29, 1.82) is 0 Å². The highest BCUT2D eigenvalue weighted by molar-refractivity contribution is 5.94. The molecule has 2 aromatic rings. The monoisotopic (exact) mass is 339 g/mol. The standard InChI is InChI=1S/C20H25N3O2/c24-20(19-5-2-1-3-6-19)23(17-18-7-9-21-10-8-18)12-4-11-22-13-15-25-16-14-22/h1-3,5-10H,4,11-17H2. The normalized spacial score (nSPS) is 15.0. The number of pyridine rings is 1. The van der Waals surface area contributed by atoms with Gasteiger partial charge in [-0.2, -0.15) is 0 Å². The summed E-state index contributed by atoms with van der Waals surface area (Å²) in [5.41, 5.74) is 1.84. The maximum atomic E-state index is 12.9. The van der Waals surface area contributed by atoms with Crippen LogP contribution in [0.3, 0.4) is 0 Å². The van der Waals surface area contributed by atoms with Crippen molar-refractivity contribution in [3.05, 3.63) is 66.0 Å². The molecule has 0 aliphatic carbocycles. The smallest absolute Gasteiger partial charge is 0.254 e. The maximum Gasteiger partial charge on any atom is 0.254 e. The molecule has 0 atom stereocenters. The molecule has 1 aliphatic heterocycles. The molecule has 1 aromatic heterocycles. The van der Waals surface area contributed by atoms with Crippen LogP contribution in [0, 0.1) is 0 Å². The summed E-state index contributed by atoms with van der Waals surface area (Å²) in [6.07, 6.45) is 4.51. The van der Waals surface area contributed by atoms with Gasteiger partial charge in [-0.1, -0.05) is 18.2 Å². The van der Waals surface area contributed by atoms with E-state index in [4.69, 9.17) is 4.74 Å². The molecule has 0 unspecified atom stereocenters. The van der Waals surface area contributed by atoms with Crippen molar-refractivity contribution in [2.24, 2.45) is 0 Å². The second kappa shape index (κ2) is 9.30. The summed E-state index contributed by atoms with van der Waals surface area (Å²) in [6, 6.07) is 13.4. The van der Waals surface area contributed by atoms with Crippen LogP contribution in [0.1, 0.15) is 22.3 Å². The number of morpholine rings is 1. The molecule has 132 valence electrons. The van der Waals surface area contributed by atoms with E-state index >= 15 is 0 Å². The van der Waals surface area contributed by atoms with Crippen molar-refractivity contribution in [1.82, 2.24) is 14.8 Å². The molecule has 3 rings (SSSR count). The van der Waals surface area contributed by atoms with E-state index in [-0.39, 0.29) is 5.91 Å². The lowest BCUT2D eigenvalue weighted by Gasteiger charge is -2.28. The number of benzene rings is 1. The van der Waals surface area contributed by atoms with Crippen LogP contribution >= 0.6 is 0 Å². The molecule has 2 heterocycles. The van der Waals surface area contributed by atoms with Gasteiger partial charge in [0, 0.05) is 50.7 Å². The van der Waals surface area contributed by atoms with Crippen LogP contribution in [0.15, 0.2) is 54.9 Å². The molecule has 1 aromatic carbocycles. The zero-order valence-corrected chi connectivity index (χ0v) is 14.5. The number of amides is 1. The van der Waals surface area contributed by atoms with Gasteiger partial charge in [0.25, 0.3) is 5.91 Å². The second-order valence-corrected chi connectivity index (χ2v) is 6.26. The van der Waals surface area contributed by atoms with Gasteiger partial charge in [0.2, 0.25) is 0 Å². The predicted octanol–water partition coefficient (Wildman–Crippen LogP) is 2.45. The highest BCUT2D eigenvalue weighted by atomic mass is 16.5. The van der Waals surface area contributed by atoms with Crippen LogP contribution in [0.5, 0.6) is 0 Å². The largest absolute Gasteiger partial charge is 0.379 e. The molecule has 0 radical (unpaired) electrons. The fraction of sp³-hybridized carbons (Fsp3) is 0.400. The van der Waals surface area contributed by atoms with Crippen molar-refractivity contribution in [3.63, 3.8) is 0 Å². The molecule has 25 heavy (non-hydrogen) atoms. The van der Waals surface area contributed by atoms with E-state index in [1.165, 1.54) is 0 Å². The first-order valence-corrected chi connectivity index (χ1v) is 8.86. The lowest BCUT2D eigenvalue weighted by Crippen LogP contribution is -2.39. The first-order chi connectivity index (χ1) is 12.3. The minimum Gasteiger partial charge on any atom is -0.379 e. The average molecular weight is 339 g/mol. The number of hydrogen-bond donors (Lipinski definition) is 0. The Kier molecular flexibility index (Phi) is 6.54. The van der Waals surface area contributed by atoms with E-state index in [2.05, 4.69) is 9.88 Å². The molecule has 1 aliphatic rings. The van der Waals surface area contributed by atoms with Crippen LogP contribution in [0.4, 0.5) is 0 Å². The highest BCUT2D eigenvalue weighted by Crippen LogP contribution is 2.11. The number of carbonyl (C=O) groups is 1. The maximum absolute atomic E-state index is 12.9. The third-order valence-electron chi connectivity index (χ3n) is 4.44. The fourth-order valence-electron chi connectivity index (χ4n) is 3.03.